The number of benzene rings is 3. The highest BCUT2D eigenvalue weighted by molar-refractivity contribution is 6.04. The van der Waals surface area contributed by atoms with Crippen molar-refractivity contribution in [2.45, 2.75) is 0 Å². The summed E-state index contributed by atoms with van der Waals surface area (Å²) in [5, 5.41) is 6.75. The minimum atomic E-state index is -0.384. The SMILES string of the molecule is O=C(Nc1ccc(-c2nc(-c3ccccc3)no2)cc1)c1ccc(F)cc1. The van der Waals surface area contributed by atoms with Gasteiger partial charge in [-0.15, -0.1) is 0 Å². The predicted octanol–water partition coefficient (Wildman–Crippen LogP) is 4.80. The molecule has 0 radical (unpaired) electrons. The summed E-state index contributed by atoms with van der Waals surface area (Å²) >= 11 is 0. The Bertz CT molecular complexity index is 1060. The maximum atomic E-state index is 12.9. The van der Waals surface area contributed by atoms with Crippen molar-refractivity contribution in [1.82, 2.24) is 10.1 Å². The molecule has 0 spiro atoms. The van der Waals surface area contributed by atoms with Crippen molar-refractivity contribution in [1.29, 1.82) is 0 Å². The minimum Gasteiger partial charge on any atom is -0.334 e. The molecular formula is C21H14FN3O2. The van der Waals surface area contributed by atoms with Crippen LogP contribution >= 0.6 is 0 Å². The van der Waals surface area contributed by atoms with Crippen LogP contribution in [-0.4, -0.2) is 16.0 Å². The molecule has 27 heavy (non-hydrogen) atoms. The van der Waals surface area contributed by atoms with E-state index in [1.807, 2.05) is 30.3 Å². The van der Waals surface area contributed by atoms with Crippen molar-refractivity contribution in [2.75, 3.05) is 5.32 Å². The van der Waals surface area contributed by atoms with Gasteiger partial charge in [0.25, 0.3) is 11.8 Å². The van der Waals surface area contributed by atoms with Gasteiger partial charge in [0, 0.05) is 22.4 Å². The number of hydrogen-bond acceptors (Lipinski definition) is 4. The van der Waals surface area contributed by atoms with Crippen LogP contribution in [0.1, 0.15) is 10.4 Å². The van der Waals surface area contributed by atoms with Gasteiger partial charge in [0.2, 0.25) is 5.82 Å². The Morgan fingerprint density at radius 3 is 2.26 bits per heavy atom. The van der Waals surface area contributed by atoms with Crippen LogP contribution in [0.15, 0.2) is 83.4 Å². The van der Waals surface area contributed by atoms with Gasteiger partial charge in [0.05, 0.1) is 0 Å². The van der Waals surface area contributed by atoms with E-state index in [4.69, 9.17) is 4.52 Å². The van der Waals surface area contributed by atoms with E-state index in [1.165, 1.54) is 24.3 Å². The lowest BCUT2D eigenvalue weighted by Crippen LogP contribution is -2.11. The number of aromatic nitrogens is 2. The highest BCUT2D eigenvalue weighted by Gasteiger charge is 2.11. The first-order chi connectivity index (χ1) is 13.2. The third-order valence-corrected chi connectivity index (χ3v) is 3.95. The quantitative estimate of drug-likeness (QED) is 0.568. The third-order valence-electron chi connectivity index (χ3n) is 3.95. The molecule has 0 saturated heterocycles. The largest absolute Gasteiger partial charge is 0.334 e. The highest BCUT2D eigenvalue weighted by atomic mass is 19.1. The van der Waals surface area contributed by atoms with Gasteiger partial charge in [-0.25, -0.2) is 4.39 Å². The smallest absolute Gasteiger partial charge is 0.258 e. The molecule has 0 unspecified atom stereocenters. The Labute approximate surface area is 154 Å². The van der Waals surface area contributed by atoms with Gasteiger partial charge in [-0.3, -0.25) is 4.79 Å². The van der Waals surface area contributed by atoms with E-state index < -0.39 is 0 Å². The maximum absolute atomic E-state index is 12.9. The molecule has 132 valence electrons. The van der Waals surface area contributed by atoms with E-state index >= 15 is 0 Å². The summed E-state index contributed by atoms with van der Waals surface area (Å²) in [6, 6.07) is 21.9. The number of nitrogens with zero attached hydrogens (tertiary/aromatic N) is 2. The van der Waals surface area contributed by atoms with Crippen molar-refractivity contribution < 1.29 is 13.7 Å². The van der Waals surface area contributed by atoms with Gasteiger partial charge in [-0.2, -0.15) is 4.98 Å². The average Bonchev–Trinajstić information content (AvgIpc) is 3.20. The molecule has 0 fully saturated rings. The van der Waals surface area contributed by atoms with Crippen LogP contribution in [0, 0.1) is 5.82 Å². The van der Waals surface area contributed by atoms with Gasteiger partial charge in [0.1, 0.15) is 5.82 Å². The molecule has 6 heteroatoms. The lowest BCUT2D eigenvalue weighted by atomic mass is 10.1. The molecule has 1 N–H and O–H groups in total. The monoisotopic (exact) mass is 359 g/mol. The number of halogens is 1. The van der Waals surface area contributed by atoms with Gasteiger partial charge in [-0.1, -0.05) is 35.5 Å². The topological polar surface area (TPSA) is 68.0 Å². The predicted molar refractivity (Wildman–Crippen MR) is 99.5 cm³/mol. The number of anilines is 1. The number of nitrogens with one attached hydrogen (secondary N) is 1. The summed E-state index contributed by atoms with van der Waals surface area (Å²) in [5.41, 5.74) is 2.60. The van der Waals surface area contributed by atoms with Gasteiger partial charge < -0.3 is 9.84 Å². The molecular weight excluding hydrogens is 345 g/mol. The Hall–Kier alpha value is -3.80. The zero-order valence-corrected chi connectivity index (χ0v) is 14.1. The lowest BCUT2D eigenvalue weighted by Gasteiger charge is -2.05. The van der Waals surface area contributed by atoms with Crippen molar-refractivity contribution in [3.05, 3.63) is 90.2 Å². The third kappa shape index (κ3) is 3.74. The molecule has 0 aliphatic heterocycles. The minimum absolute atomic E-state index is 0.313. The standard InChI is InChI=1S/C21H14FN3O2/c22-17-10-6-15(7-11-17)20(26)23-18-12-8-16(9-13-18)21-24-19(25-27-21)14-4-2-1-3-5-14/h1-13H,(H,23,26). The van der Waals surface area contributed by atoms with Gasteiger partial charge >= 0.3 is 0 Å². The van der Waals surface area contributed by atoms with E-state index in [-0.39, 0.29) is 11.7 Å². The number of rotatable bonds is 4. The molecule has 0 aliphatic rings. The summed E-state index contributed by atoms with van der Waals surface area (Å²) in [7, 11) is 0. The summed E-state index contributed by atoms with van der Waals surface area (Å²) < 4.78 is 18.3. The number of carbonyl (C=O) groups is 1. The Kier molecular flexibility index (Phi) is 4.45. The highest BCUT2D eigenvalue weighted by Crippen LogP contribution is 2.23. The zero-order chi connectivity index (χ0) is 18.6. The fourth-order valence-corrected chi connectivity index (χ4v) is 2.55. The normalized spacial score (nSPS) is 10.6. The molecule has 0 saturated carbocycles. The number of carbonyl (C=O) groups excluding carboxylic acids is 1. The van der Waals surface area contributed by atoms with Crippen LogP contribution in [0.25, 0.3) is 22.8 Å². The first-order valence-electron chi connectivity index (χ1n) is 8.25. The van der Waals surface area contributed by atoms with E-state index in [9.17, 15) is 9.18 Å². The molecule has 0 aliphatic carbocycles. The Morgan fingerprint density at radius 2 is 1.56 bits per heavy atom. The summed E-state index contributed by atoms with van der Waals surface area (Å²) in [5.74, 6) is 0.210. The van der Waals surface area contributed by atoms with Crippen molar-refractivity contribution >= 4 is 11.6 Å². The molecule has 1 aromatic heterocycles. The van der Waals surface area contributed by atoms with E-state index in [0.717, 1.165) is 11.1 Å². The zero-order valence-electron chi connectivity index (χ0n) is 14.1. The van der Waals surface area contributed by atoms with Crippen molar-refractivity contribution in [3.8, 4) is 22.8 Å². The fourth-order valence-electron chi connectivity index (χ4n) is 2.55. The van der Waals surface area contributed by atoms with Crippen LogP contribution in [-0.2, 0) is 0 Å². The lowest BCUT2D eigenvalue weighted by molar-refractivity contribution is 0.102. The maximum Gasteiger partial charge on any atom is 0.258 e. The molecule has 0 atom stereocenters. The van der Waals surface area contributed by atoms with Crippen LogP contribution in [0.4, 0.5) is 10.1 Å². The molecule has 3 aromatic carbocycles. The first-order valence-corrected chi connectivity index (χ1v) is 8.25. The van der Waals surface area contributed by atoms with E-state index in [1.54, 1.807) is 24.3 Å². The molecule has 5 nitrogen and oxygen atoms in total. The second kappa shape index (κ2) is 7.21. The second-order valence-electron chi connectivity index (χ2n) is 5.83. The van der Waals surface area contributed by atoms with E-state index in [2.05, 4.69) is 15.5 Å². The molecule has 4 aromatic rings. The Balaban J connectivity index is 1.48. The fraction of sp³-hybridized carbons (Fsp3) is 0. The van der Waals surface area contributed by atoms with Gasteiger partial charge in [-0.05, 0) is 48.5 Å². The molecule has 0 bridgehead atoms. The number of hydrogen-bond donors (Lipinski definition) is 1. The first kappa shape index (κ1) is 16.7. The molecule has 4 rings (SSSR count). The van der Waals surface area contributed by atoms with Crippen LogP contribution in [0.5, 0.6) is 0 Å². The van der Waals surface area contributed by atoms with E-state index in [0.29, 0.717) is 23.0 Å². The number of amides is 1. The second-order valence-corrected chi connectivity index (χ2v) is 5.83. The molecule has 1 heterocycles. The van der Waals surface area contributed by atoms with Gasteiger partial charge in [0.15, 0.2) is 0 Å². The average molecular weight is 359 g/mol. The summed E-state index contributed by atoms with van der Waals surface area (Å²) in [6.45, 7) is 0. The summed E-state index contributed by atoms with van der Waals surface area (Å²) in [6.07, 6.45) is 0. The van der Waals surface area contributed by atoms with Crippen LogP contribution < -0.4 is 5.32 Å². The van der Waals surface area contributed by atoms with Crippen molar-refractivity contribution in [2.24, 2.45) is 0 Å². The van der Waals surface area contributed by atoms with Crippen molar-refractivity contribution in [3.63, 3.8) is 0 Å². The molecule has 1 amide bonds. The van der Waals surface area contributed by atoms with Crippen LogP contribution in [0.3, 0.4) is 0 Å². The van der Waals surface area contributed by atoms with Crippen LogP contribution in [0.2, 0.25) is 0 Å². The summed E-state index contributed by atoms with van der Waals surface area (Å²) in [4.78, 5) is 16.6. The Morgan fingerprint density at radius 1 is 0.852 bits per heavy atom.